The summed E-state index contributed by atoms with van der Waals surface area (Å²) in [7, 11) is 1.63. The number of piperazine rings is 1. The van der Waals surface area contributed by atoms with Gasteiger partial charge in [-0.05, 0) is 53.5 Å². The lowest BCUT2D eigenvalue weighted by Gasteiger charge is -2.35. The predicted molar refractivity (Wildman–Crippen MR) is 132 cm³/mol. The van der Waals surface area contributed by atoms with Gasteiger partial charge in [0.05, 0.1) is 7.11 Å². The van der Waals surface area contributed by atoms with Crippen molar-refractivity contribution in [3.8, 4) is 17.1 Å². The van der Waals surface area contributed by atoms with Crippen LogP contribution in [0, 0.1) is 4.77 Å². The maximum Gasteiger partial charge on any atom is 0.242 e. The Balaban J connectivity index is 1.35. The maximum absolute atomic E-state index is 13.0. The van der Waals surface area contributed by atoms with Crippen LogP contribution in [0.5, 0.6) is 5.75 Å². The number of ether oxygens (including phenoxy) is 1. The van der Waals surface area contributed by atoms with E-state index in [-0.39, 0.29) is 12.5 Å². The maximum atomic E-state index is 13.0. The number of hydrogen-bond donors (Lipinski definition) is 1. The highest BCUT2D eigenvalue weighted by molar-refractivity contribution is 7.71. The molecule has 1 amide bonds. The molecule has 7 nitrogen and oxygen atoms in total. The lowest BCUT2D eigenvalue weighted by molar-refractivity contribution is -0.133. The number of carbonyl (C=O) groups is 1. The zero-order valence-electron chi connectivity index (χ0n) is 19.5. The van der Waals surface area contributed by atoms with Gasteiger partial charge in [-0.2, -0.15) is 5.10 Å². The van der Waals surface area contributed by atoms with Gasteiger partial charge in [0.15, 0.2) is 10.6 Å². The summed E-state index contributed by atoms with van der Waals surface area (Å²) in [6, 6.07) is 16.4. The Labute approximate surface area is 200 Å². The number of aromatic nitrogens is 3. The molecular weight excluding hydrogens is 434 g/mol. The fourth-order valence-corrected chi connectivity index (χ4v) is 4.28. The van der Waals surface area contributed by atoms with Crippen LogP contribution in [0.25, 0.3) is 11.4 Å². The van der Waals surface area contributed by atoms with Crippen LogP contribution in [-0.2, 0) is 17.9 Å². The summed E-state index contributed by atoms with van der Waals surface area (Å²) < 4.78 is 7.43. The Kier molecular flexibility index (Phi) is 7.25. The molecule has 0 aliphatic carbocycles. The van der Waals surface area contributed by atoms with Crippen molar-refractivity contribution in [1.29, 1.82) is 0 Å². The minimum Gasteiger partial charge on any atom is -0.497 e. The SMILES string of the molecule is COc1ccc(-c2n[nH]c(=S)n2CC(=O)N2CCN(Cc3ccc(C(C)C)cc3)CC2)cc1. The van der Waals surface area contributed by atoms with Gasteiger partial charge < -0.3 is 9.64 Å². The van der Waals surface area contributed by atoms with Crippen LogP contribution in [0.3, 0.4) is 0 Å². The lowest BCUT2D eigenvalue weighted by Crippen LogP contribution is -2.49. The number of H-pyrrole nitrogens is 1. The molecule has 2 heterocycles. The molecule has 174 valence electrons. The van der Waals surface area contributed by atoms with Gasteiger partial charge in [0, 0.05) is 38.3 Å². The van der Waals surface area contributed by atoms with E-state index in [2.05, 4.69) is 53.2 Å². The van der Waals surface area contributed by atoms with Crippen molar-refractivity contribution in [2.75, 3.05) is 33.3 Å². The van der Waals surface area contributed by atoms with Crippen molar-refractivity contribution in [2.24, 2.45) is 0 Å². The first-order valence-corrected chi connectivity index (χ1v) is 11.7. The molecule has 0 spiro atoms. The Morgan fingerprint density at radius 3 is 2.33 bits per heavy atom. The second kappa shape index (κ2) is 10.3. The third kappa shape index (κ3) is 5.51. The highest BCUT2D eigenvalue weighted by Crippen LogP contribution is 2.21. The van der Waals surface area contributed by atoms with E-state index in [1.165, 1.54) is 11.1 Å². The number of rotatable bonds is 7. The lowest BCUT2D eigenvalue weighted by atomic mass is 10.0. The molecule has 0 saturated carbocycles. The minimum atomic E-state index is 0.0585. The highest BCUT2D eigenvalue weighted by atomic mass is 32.1. The van der Waals surface area contributed by atoms with E-state index < -0.39 is 0 Å². The molecule has 1 aliphatic heterocycles. The quantitative estimate of drug-likeness (QED) is 0.533. The summed E-state index contributed by atoms with van der Waals surface area (Å²) in [5.41, 5.74) is 3.55. The fourth-order valence-electron chi connectivity index (χ4n) is 4.08. The van der Waals surface area contributed by atoms with Gasteiger partial charge in [-0.3, -0.25) is 19.4 Å². The van der Waals surface area contributed by atoms with E-state index in [0.717, 1.165) is 30.9 Å². The molecule has 2 aromatic carbocycles. The van der Waals surface area contributed by atoms with Crippen LogP contribution >= 0.6 is 12.2 Å². The summed E-state index contributed by atoms with van der Waals surface area (Å²) in [5, 5.41) is 7.16. The van der Waals surface area contributed by atoms with E-state index >= 15 is 0 Å². The van der Waals surface area contributed by atoms with E-state index in [1.54, 1.807) is 11.7 Å². The van der Waals surface area contributed by atoms with Crippen LogP contribution in [-0.4, -0.2) is 63.8 Å². The van der Waals surface area contributed by atoms with Crippen molar-refractivity contribution < 1.29 is 9.53 Å². The molecule has 1 aromatic heterocycles. The molecule has 0 radical (unpaired) electrons. The first-order valence-electron chi connectivity index (χ1n) is 11.3. The second-order valence-electron chi connectivity index (χ2n) is 8.72. The van der Waals surface area contributed by atoms with Crippen molar-refractivity contribution in [3.63, 3.8) is 0 Å². The molecular formula is C25H31N5O2S. The minimum absolute atomic E-state index is 0.0585. The van der Waals surface area contributed by atoms with Crippen molar-refractivity contribution in [2.45, 2.75) is 32.9 Å². The monoisotopic (exact) mass is 465 g/mol. The summed E-state index contributed by atoms with van der Waals surface area (Å²) in [6.07, 6.45) is 0. The molecule has 33 heavy (non-hydrogen) atoms. The van der Waals surface area contributed by atoms with Crippen LogP contribution < -0.4 is 4.74 Å². The van der Waals surface area contributed by atoms with E-state index in [1.807, 2.05) is 29.2 Å². The highest BCUT2D eigenvalue weighted by Gasteiger charge is 2.23. The van der Waals surface area contributed by atoms with Gasteiger partial charge >= 0.3 is 0 Å². The molecule has 8 heteroatoms. The van der Waals surface area contributed by atoms with E-state index in [4.69, 9.17) is 17.0 Å². The van der Waals surface area contributed by atoms with E-state index in [9.17, 15) is 4.79 Å². The number of amides is 1. The number of nitrogens with zero attached hydrogens (tertiary/aromatic N) is 4. The van der Waals surface area contributed by atoms with Crippen molar-refractivity contribution >= 4 is 18.1 Å². The third-order valence-electron chi connectivity index (χ3n) is 6.18. The number of benzene rings is 2. The summed E-state index contributed by atoms with van der Waals surface area (Å²) >= 11 is 5.40. The average Bonchev–Trinajstić information content (AvgIpc) is 3.19. The summed E-state index contributed by atoms with van der Waals surface area (Å²) in [5.74, 6) is 2.02. The zero-order chi connectivity index (χ0) is 23.4. The first kappa shape index (κ1) is 23.2. The number of aromatic amines is 1. The number of hydrogen-bond acceptors (Lipinski definition) is 5. The fraction of sp³-hybridized carbons (Fsp3) is 0.400. The van der Waals surface area contributed by atoms with Gasteiger partial charge in [0.25, 0.3) is 0 Å². The number of nitrogens with one attached hydrogen (secondary N) is 1. The van der Waals surface area contributed by atoms with Crippen LogP contribution in [0.2, 0.25) is 0 Å². The molecule has 1 N–H and O–H groups in total. The Morgan fingerprint density at radius 1 is 1.06 bits per heavy atom. The van der Waals surface area contributed by atoms with Crippen molar-refractivity contribution in [3.05, 3.63) is 64.4 Å². The summed E-state index contributed by atoms with van der Waals surface area (Å²) in [4.78, 5) is 17.4. The van der Waals surface area contributed by atoms with Crippen LogP contribution in [0.4, 0.5) is 0 Å². The Morgan fingerprint density at radius 2 is 1.73 bits per heavy atom. The van der Waals surface area contributed by atoms with Gasteiger partial charge in [-0.15, -0.1) is 0 Å². The first-order chi connectivity index (χ1) is 15.9. The molecule has 4 rings (SSSR count). The molecule has 0 bridgehead atoms. The standard InChI is InChI=1S/C25H31N5O2S/c1-18(2)20-6-4-19(5-7-20)16-28-12-14-29(15-13-28)23(31)17-30-24(26-27-25(30)33)21-8-10-22(32-3)11-9-21/h4-11,18H,12-17H2,1-3H3,(H,27,33). The molecule has 1 saturated heterocycles. The number of carbonyl (C=O) groups excluding carboxylic acids is 1. The van der Waals surface area contributed by atoms with Crippen LogP contribution in [0.15, 0.2) is 48.5 Å². The van der Waals surface area contributed by atoms with Gasteiger partial charge in [-0.25, -0.2) is 0 Å². The Hall–Kier alpha value is -2.97. The van der Waals surface area contributed by atoms with Gasteiger partial charge in [0.1, 0.15) is 12.3 Å². The predicted octanol–water partition coefficient (Wildman–Crippen LogP) is 4.08. The second-order valence-corrected chi connectivity index (χ2v) is 9.11. The average molecular weight is 466 g/mol. The molecule has 1 fully saturated rings. The topological polar surface area (TPSA) is 66.4 Å². The normalized spacial score (nSPS) is 14.6. The smallest absolute Gasteiger partial charge is 0.242 e. The van der Waals surface area contributed by atoms with Gasteiger partial charge in [-0.1, -0.05) is 38.1 Å². The number of methoxy groups -OCH3 is 1. The van der Waals surface area contributed by atoms with Crippen LogP contribution in [0.1, 0.15) is 30.9 Å². The zero-order valence-corrected chi connectivity index (χ0v) is 20.3. The van der Waals surface area contributed by atoms with E-state index in [0.29, 0.717) is 29.6 Å². The molecule has 1 aliphatic rings. The summed E-state index contributed by atoms with van der Waals surface area (Å²) in [6.45, 7) is 8.66. The van der Waals surface area contributed by atoms with Gasteiger partial charge in [0.2, 0.25) is 5.91 Å². The van der Waals surface area contributed by atoms with Crippen molar-refractivity contribution in [1.82, 2.24) is 24.6 Å². The Bertz CT molecular complexity index is 1130. The third-order valence-corrected chi connectivity index (χ3v) is 6.49. The molecule has 3 aromatic rings. The largest absolute Gasteiger partial charge is 0.497 e. The molecule has 0 atom stereocenters. The molecule has 0 unspecified atom stereocenters.